The normalized spacial score (nSPS) is 16.6. The fourth-order valence-electron chi connectivity index (χ4n) is 3.65. The number of benzene rings is 2. The van der Waals surface area contributed by atoms with Crippen LogP contribution >= 0.6 is 0 Å². The van der Waals surface area contributed by atoms with Crippen molar-refractivity contribution in [2.24, 2.45) is 0 Å². The fraction of sp³-hybridized carbons (Fsp3) is 0.417. The molecule has 0 saturated carbocycles. The zero-order valence-electron chi connectivity index (χ0n) is 17.9. The minimum atomic E-state index is -0.0458. The van der Waals surface area contributed by atoms with Crippen molar-refractivity contribution in [1.82, 2.24) is 5.32 Å². The molecule has 6 nitrogen and oxygen atoms in total. The van der Waals surface area contributed by atoms with Crippen LogP contribution in [0.15, 0.2) is 42.5 Å². The van der Waals surface area contributed by atoms with Crippen LogP contribution in [0.4, 0.5) is 5.69 Å². The summed E-state index contributed by atoms with van der Waals surface area (Å²) in [4.78, 5) is 13.4. The summed E-state index contributed by atoms with van der Waals surface area (Å²) in [5, 5.41) is 12.4. The molecule has 158 valence electrons. The van der Waals surface area contributed by atoms with Gasteiger partial charge in [0.1, 0.15) is 23.7 Å². The Balaban J connectivity index is 1.60. The predicted octanol–water partition coefficient (Wildman–Crippen LogP) is 4.20. The van der Waals surface area contributed by atoms with Crippen molar-refractivity contribution in [1.29, 1.82) is 5.26 Å². The topological polar surface area (TPSA) is 74.6 Å². The molecule has 30 heavy (non-hydrogen) atoms. The molecular formula is C24H29N3O3. The minimum Gasteiger partial charge on any atom is -0.494 e. The van der Waals surface area contributed by atoms with Crippen molar-refractivity contribution >= 4 is 11.6 Å². The zero-order chi connectivity index (χ0) is 21.5. The highest BCUT2D eigenvalue weighted by Gasteiger charge is 2.26. The molecular weight excluding hydrogens is 378 g/mol. The largest absolute Gasteiger partial charge is 0.494 e. The third-order valence-corrected chi connectivity index (χ3v) is 5.15. The number of nitrogens with zero attached hydrogens (tertiary/aromatic N) is 2. The summed E-state index contributed by atoms with van der Waals surface area (Å²) in [5.41, 5.74) is 2.59. The van der Waals surface area contributed by atoms with Gasteiger partial charge in [-0.3, -0.25) is 4.79 Å². The number of ether oxygens (including phenoxy) is 2. The molecule has 1 amide bonds. The summed E-state index contributed by atoms with van der Waals surface area (Å²) in [5.74, 6) is 1.50. The second kappa shape index (κ2) is 10.0. The standard InChI is InChI=1S/C24H29N3O3/c1-4-13-29-22-9-10-24(20(14-22)15-25)27-12-11-23(16-27)30-21-7-5-19(6-8-21)17(2)26-18(3)28/h5-10,14,17,23H,4,11-13,16H2,1-3H3,(H,26,28)/t17-,23?/m0/s1. The van der Waals surface area contributed by atoms with Gasteiger partial charge < -0.3 is 19.7 Å². The van der Waals surface area contributed by atoms with E-state index in [9.17, 15) is 10.1 Å². The van der Waals surface area contributed by atoms with Crippen molar-refractivity contribution in [3.8, 4) is 17.6 Å². The van der Waals surface area contributed by atoms with Gasteiger partial charge >= 0.3 is 0 Å². The summed E-state index contributed by atoms with van der Waals surface area (Å²) in [6.45, 7) is 7.74. The first-order valence-corrected chi connectivity index (χ1v) is 10.5. The van der Waals surface area contributed by atoms with Crippen molar-refractivity contribution in [2.75, 3.05) is 24.6 Å². The van der Waals surface area contributed by atoms with Crippen LogP contribution in [0.5, 0.6) is 11.5 Å². The second-order valence-electron chi connectivity index (χ2n) is 7.61. The highest BCUT2D eigenvalue weighted by Crippen LogP contribution is 2.29. The Hall–Kier alpha value is -3.20. The van der Waals surface area contributed by atoms with Gasteiger partial charge in [0, 0.05) is 19.9 Å². The quantitative estimate of drug-likeness (QED) is 0.710. The molecule has 6 heteroatoms. The first-order valence-electron chi connectivity index (χ1n) is 10.5. The Morgan fingerprint density at radius 1 is 1.27 bits per heavy atom. The van der Waals surface area contributed by atoms with Gasteiger partial charge in [-0.15, -0.1) is 0 Å². The van der Waals surface area contributed by atoms with E-state index in [-0.39, 0.29) is 18.1 Å². The lowest BCUT2D eigenvalue weighted by Crippen LogP contribution is -2.25. The van der Waals surface area contributed by atoms with E-state index in [1.54, 1.807) is 0 Å². The first-order chi connectivity index (χ1) is 14.5. The number of hydrogen-bond donors (Lipinski definition) is 1. The Kier molecular flexibility index (Phi) is 7.18. The van der Waals surface area contributed by atoms with Gasteiger partial charge in [-0.25, -0.2) is 0 Å². The lowest BCUT2D eigenvalue weighted by molar-refractivity contribution is -0.119. The molecule has 0 spiro atoms. The lowest BCUT2D eigenvalue weighted by Gasteiger charge is -2.21. The van der Waals surface area contributed by atoms with Crippen LogP contribution in [-0.2, 0) is 4.79 Å². The summed E-state index contributed by atoms with van der Waals surface area (Å²) in [7, 11) is 0. The van der Waals surface area contributed by atoms with Gasteiger partial charge in [0.15, 0.2) is 0 Å². The maximum absolute atomic E-state index is 11.2. The van der Waals surface area contributed by atoms with E-state index in [2.05, 4.69) is 23.2 Å². The van der Waals surface area contributed by atoms with Gasteiger partial charge in [0.05, 0.1) is 30.4 Å². The van der Waals surface area contributed by atoms with Crippen molar-refractivity contribution in [3.63, 3.8) is 0 Å². The van der Waals surface area contributed by atoms with Crippen molar-refractivity contribution in [3.05, 3.63) is 53.6 Å². The number of carbonyl (C=O) groups excluding carboxylic acids is 1. The maximum atomic E-state index is 11.2. The van der Waals surface area contributed by atoms with E-state index in [4.69, 9.17) is 9.47 Å². The molecule has 2 aromatic carbocycles. The molecule has 2 aromatic rings. The SMILES string of the molecule is CCCOc1ccc(N2CCC(Oc3ccc([C@H](C)NC(C)=O)cc3)C2)c(C#N)c1. The zero-order valence-corrected chi connectivity index (χ0v) is 17.9. The number of carbonyl (C=O) groups is 1. The highest BCUT2D eigenvalue weighted by molar-refractivity contribution is 5.73. The van der Waals surface area contributed by atoms with Gasteiger partial charge in [0.25, 0.3) is 0 Å². The van der Waals surface area contributed by atoms with Crippen LogP contribution in [0.25, 0.3) is 0 Å². The summed E-state index contributed by atoms with van der Waals surface area (Å²) in [6.07, 6.45) is 1.89. The summed E-state index contributed by atoms with van der Waals surface area (Å²) in [6, 6.07) is 15.8. The molecule has 3 rings (SSSR count). The number of nitriles is 1. The van der Waals surface area contributed by atoms with E-state index in [0.29, 0.717) is 12.2 Å². The number of anilines is 1. The molecule has 2 atom stereocenters. The Labute approximate surface area is 178 Å². The van der Waals surface area contributed by atoms with Crippen molar-refractivity contribution in [2.45, 2.75) is 45.8 Å². The van der Waals surface area contributed by atoms with Gasteiger partial charge in [-0.2, -0.15) is 5.26 Å². The first kappa shape index (κ1) is 21.5. The third kappa shape index (κ3) is 5.44. The molecule has 1 aliphatic rings. The van der Waals surface area contributed by atoms with Gasteiger partial charge in [-0.05, 0) is 49.2 Å². The molecule has 1 fully saturated rings. The maximum Gasteiger partial charge on any atom is 0.217 e. The highest BCUT2D eigenvalue weighted by atomic mass is 16.5. The van der Waals surface area contributed by atoms with Gasteiger partial charge in [0.2, 0.25) is 5.91 Å². The van der Waals surface area contributed by atoms with E-state index >= 15 is 0 Å². The van der Waals surface area contributed by atoms with E-state index in [1.165, 1.54) is 6.92 Å². The second-order valence-corrected chi connectivity index (χ2v) is 7.61. The molecule has 0 aliphatic carbocycles. The number of amides is 1. The lowest BCUT2D eigenvalue weighted by atomic mass is 10.1. The van der Waals surface area contributed by atoms with E-state index < -0.39 is 0 Å². The van der Waals surface area contributed by atoms with E-state index in [0.717, 1.165) is 48.7 Å². The number of rotatable bonds is 8. The monoisotopic (exact) mass is 407 g/mol. The Bertz CT molecular complexity index is 905. The average Bonchev–Trinajstić information content (AvgIpc) is 3.20. The molecule has 1 heterocycles. The third-order valence-electron chi connectivity index (χ3n) is 5.15. The predicted molar refractivity (Wildman–Crippen MR) is 117 cm³/mol. The van der Waals surface area contributed by atoms with Gasteiger partial charge in [-0.1, -0.05) is 19.1 Å². The van der Waals surface area contributed by atoms with Crippen LogP contribution < -0.4 is 19.7 Å². The molecule has 0 radical (unpaired) electrons. The van der Waals surface area contributed by atoms with E-state index in [1.807, 2.05) is 49.4 Å². The van der Waals surface area contributed by atoms with Crippen molar-refractivity contribution < 1.29 is 14.3 Å². The smallest absolute Gasteiger partial charge is 0.217 e. The molecule has 0 aromatic heterocycles. The Morgan fingerprint density at radius 2 is 2.00 bits per heavy atom. The molecule has 1 unspecified atom stereocenters. The number of hydrogen-bond acceptors (Lipinski definition) is 5. The average molecular weight is 408 g/mol. The minimum absolute atomic E-state index is 0.0350. The van der Waals surface area contributed by atoms with Crippen LogP contribution in [-0.4, -0.2) is 31.7 Å². The molecule has 1 saturated heterocycles. The fourth-order valence-corrected chi connectivity index (χ4v) is 3.65. The molecule has 1 aliphatic heterocycles. The molecule has 0 bridgehead atoms. The molecule has 1 N–H and O–H groups in total. The van der Waals surface area contributed by atoms with Crippen LogP contribution in [0, 0.1) is 11.3 Å². The Morgan fingerprint density at radius 3 is 2.67 bits per heavy atom. The summed E-state index contributed by atoms with van der Waals surface area (Å²) < 4.78 is 11.8. The van der Waals surface area contributed by atoms with Crippen LogP contribution in [0.2, 0.25) is 0 Å². The number of nitrogens with one attached hydrogen (secondary N) is 1. The summed E-state index contributed by atoms with van der Waals surface area (Å²) >= 11 is 0. The van der Waals surface area contributed by atoms with Crippen LogP contribution in [0.1, 0.15) is 50.8 Å². The van der Waals surface area contributed by atoms with Crippen LogP contribution in [0.3, 0.4) is 0 Å².